The van der Waals surface area contributed by atoms with Crippen LogP contribution in [0.15, 0.2) is 28.9 Å². The molecular weight excluding hydrogens is 541 g/mol. The first kappa shape index (κ1) is 28.3. The van der Waals surface area contributed by atoms with Gasteiger partial charge in [-0.25, -0.2) is 14.4 Å². The molecule has 1 saturated heterocycles. The largest absolute Gasteiger partial charge is 0.491 e. The summed E-state index contributed by atoms with van der Waals surface area (Å²) in [6.45, 7) is 8.86. The van der Waals surface area contributed by atoms with Crippen LogP contribution in [0.25, 0.3) is 22.6 Å². The summed E-state index contributed by atoms with van der Waals surface area (Å²) in [7, 11) is 1.75. The van der Waals surface area contributed by atoms with E-state index in [0.717, 1.165) is 42.7 Å². The van der Waals surface area contributed by atoms with E-state index in [2.05, 4.69) is 20.1 Å². The van der Waals surface area contributed by atoms with Crippen LogP contribution in [0.4, 0.5) is 10.2 Å². The Balaban J connectivity index is 1.40. The van der Waals surface area contributed by atoms with Crippen LogP contribution in [0.5, 0.6) is 5.75 Å². The Morgan fingerprint density at radius 1 is 1.17 bits per heavy atom. The Morgan fingerprint density at radius 3 is 2.71 bits per heavy atom. The molecule has 0 unspecified atom stereocenters. The van der Waals surface area contributed by atoms with E-state index in [0.29, 0.717) is 54.4 Å². The van der Waals surface area contributed by atoms with Gasteiger partial charge in [0.25, 0.3) is 0 Å². The van der Waals surface area contributed by atoms with Crippen LogP contribution >= 0.6 is 0 Å². The highest BCUT2D eigenvalue weighted by atomic mass is 19.1. The number of likely N-dealkylation sites (N-methyl/N-ethyl adjacent to an activating group) is 1. The molecule has 11 nitrogen and oxygen atoms in total. The van der Waals surface area contributed by atoms with Gasteiger partial charge in [-0.2, -0.15) is 5.10 Å². The van der Waals surface area contributed by atoms with Crippen molar-refractivity contribution in [1.29, 1.82) is 0 Å². The van der Waals surface area contributed by atoms with E-state index in [9.17, 15) is 5.11 Å². The third-order valence-corrected chi connectivity index (χ3v) is 7.97. The number of hydrogen-bond donors (Lipinski definition) is 2. The number of aliphatic hydroxyl groups excluding tert-OH is 1. The van der Waals surface area contributed by atoms with Crippen LogP contribution < -0.4 is 15.0 Å². The van der Waals surface area contributed by atoms with Crippen molar-refractivity contribution >= 4 is 5.82 Å². The number of nitrogens with one attached hydrogen (secondary N) is 1. The second kappa shape index (κ2) is 11.8. The molecule has 42 heavy (non-hydrogen) atoms. The highest BCUT2D eigenvalue weighted by molar-refractivity contribution is 5.75. The number of rotatable bonds is 9. The molecule has 1 aromatic carbocycles. The van der Waals surface area contributed by atoms with E-state index < -0.39 is 11.9 Å². The number of hydrogen-bond acceptors (Lipinski definition) is 10. The number of aliphatic hydroxyl groups is 1. The first-order valence-electron chi connectivity index (χ1n) is 14.3. The Bertz CT molecular complexity index is 1560. The molecule has 1 fully saturated rings. The molecule has 4 aromatic rings. The highest BCUT2D eigenvalue weighted by Gasteiger charge is 2.31. The van der Waals surface area contributed by atoms with Crippen LogP contribution in [-0.4, -0.2) is 69.5 Å². The minimum atomic E-state index is -0.703. The number of ether oxygens (including phenoxy) is 2. The number of aryl methyl sites for hydroxylation is 2. The predicted molar refractivity (Wildman–Crippen MR) is 154 cm³/mol. The lowest BCUT2D eigenvalue weighted by molar-refractivity contribution is 0.0655. The fourth-order valence-corrected chi connectivity index (χ4v) is 5.82. The summed E-state index contributed by atoms with van der Waals surface area (Å²) < 4.78 is 34.3. The summed E-state index contributed by atoms with van der Waals surface area (Å²) in [4.78, 5) is 12.0. The van der Waals surface area contributed by atoms with Crippen molar-refractivity contribution in [3.63, 3.8) is 0 Å². The van der Waals surface area contributed by atoms with E-state index in [1.807, 2.05) is 27.0 Å². The number of benzene rings is 1. The molecule has 0 spiro atoms. The van der Waals surface area contributed by atoms with E-state index >= 15 is 4.39 Å². The highest BCUT2D eigenvalue weighted by Crippen LogP contribution is 2.39. The van der Waals surface area contributed by atoms with Crippen molar-refractivity contribution in [3.05, 3.63) is 58.5 Å². The minimum Gasteiger partial charge on any atom is -0.491 e. The van der Waals surface area contributed by atoms with Gasteiger partial charge < -0.3 is 29.3 Å². The second-order valence-corrected chi connectivity index (χ2v) is 11.0. The van der Waals surface area contributed by atoms with E-state index in [1.165, 1.54) is 17.8 Å². The monoisotopic (exact) mass is 577 g/mol. The van der Waals surface area contributed by atoms with Gasteiger partial charge in [-0.15, -0.1) is 0 Å². The standard InChI is InChI=1S/C30H36FN7O4/c1-17-28(27-18(2)36-42-19(27)3)34-29(24-11-23(5-6-25(24)31)41-16-22(39)13-32-4)35-30(17)37-14-20-12-33-38(26(20)15-37)21-7-9-40-10-8-21/h5-6,11-12,21-22,32,39H,7-10,13-16H2,1-4H3/t22-/m1/s1. The SMILES string of the molecule is CNC[C@@H](O)COc1ccc(F)c(-c2nc(-c3c(C)noc3C)c(C)c(N3Cc4cnn(C5CCOCC5)c4C3)n2)c1. The third-order valence-electron chi connectivity index (χ3n) is 7.97. The van der Waals surface area contributed by atoms with Gasteiger partial charge in [0, 0.05) is 37.4 Å². The number of fused-ring (bicyclic) bond motifs is 1. The normalized spacial score (nSPS) is 16.2. The second-order valence-electron chi connectivity index (χ2n) is 11.0. The lowest BCUT2D eigenvalue weighted by atomic mass is 10.0. The lowest BCUT2D eigenvalue weighted by Crippen LogP contribution is -2.29. The van der Waals surface area contributed by atoms with Gasteiger partial charge in [0.1, 0.15) is 35.9 Å². The zero-order valence-electron chi connectivity index (χ0n) is 24.4. The molecule has 0 bridgehead atoms. The summed E-state index contributed by atoms with van der Waals surface area (Å²) in [5.41, 5.74) is 5.49. The lowest BCUT2D eigenvalue weighted by Gasteiger charge is -2.25. The first-order valence-corrected chi connectivity index (χ1v) is 14.3. The van der Waals surface area contributed by atoms with Gasteiger partial charge in [0.05, 0.1) is 47.0 Å². The molecule has 12 heteroatoms. The van der Waals surface area contributed by atoms with Crippen molar-refractivity contribution in [3.8, 4) is 28.4 Å². The van der Waals surface area contributed by atoms with Gasteiger partial charge in [-0.05, 0) is 58.9 Å². The Hall–Kier alpha value is -3.87. The van der Waals surface area contributed by atoms with Gasteiger partial charge in [0.15, 0.2) is 5.82 Å². The molecule has 222 valence electrons. The van der Waals surface area contributed by atoms with Crippen molar-refractivity contribution in [2.45, 2.75) is 58.8 Å². The number of aromatic nitrogens is 5. The number of nitrogens with zero attached hydrogens (tertiary/aromatic N) is 6. The third kappa shape index (κ3) is 5.37. The summed E-state index contributed by atoms with van der Waals surface area (Å²) in [5, 5.41) is 21.8. The molecule has 2 aliphatic heterocycles. The molecular formula is C30H36FN7O4. The molecule has 0 saturated carbocycles. The smallest absolute Gasteiger partial charge is 0.165 e. The quantitative estimate of drug-likeness (QED) is 0.303. The van der Waals surface area contributed by atoms with Gasteiger partial charge in [-0.1, -0.05) is 5.16 Å². The predicted octanol–water partition coefficient (Wildman–Crippen LogP) is 3.89. The van der Waals surface area contributed by atoms with Crippen LogP contribution in [0.1, 0.15) is 47.2 Å². The summed E-state index contributed by atoms with van der Waals surface area (Å²) in [6, 6.07) is 4.76. The first-order chi connectivity index (χ1) is 20.3. The van der Waals surface area contributed by atoms with E-state index in [1.54, 1.807) is 13.1 Å². The average Bonchev–Trinajstić information content (AvgIpc) is 3.68. The van der Waals surface area contributed by atoms with Gasteiger partial charge in [-0.3, -0.25) is 4.68 Å². The maximum atomic E-state index is 15.4. The maximum absolute atomic E-state index is 15.4. The number of halogens is 1. The maximum Gasteiger partial charge on any atom is 0.165 e. The minimum absolute atomic E-state index is 0.0619. The molecule has 0 radical (unpaired) electrons. The van der Waals surface area contributed by atoms with Crippen LogP contribution in [0, 0.1) is 26.6 Å². The van der Waals surface area contributed by atoms with Crippen LogP contribution in [0.2, 0.25) is 0 Å². The van der Waals surface area contributed by atoms with Crippen molar-refractivity contribution < 1.29 is 23.5 Å². The molecule has 1 atom stereocenters. The average molecular weight is 578 g/mol. The van der Waals surface area contributed by atoms with Gasteiger partial charge in [0.2, 0.25) is 0 Å². The Labute approximate surface area is 243 Å². The van der Waals surface area contributed by atoms with Crippen molar-refractivity contribution in [2.75, 3.05) is 38.3 Å². The fourth-order valence-electron chi connectivity index (χ4n) is 5.82. The fraction of sp³-hybridized carbons (Fsp3) is 0.467. The zero-order chi connectivity index (χ0) is 29.4. The van der Waals surface area contributed by atoms with Crippen LogP contribution in [0.3, 0.4) is 0 Å². The zero-order valence-corrected chi connectivity index (χ0v) is 24.4. The van der Waals surface area contributed by atoms with E-state index in [4.69, 9.17) is 29.1 Å². The summed E-state index contributed by atoms with van der Waals surface area (Å²) in [6.07, 6.45) is 3.11. The molecule has 0 aliphatic carbocycles. The van der Waals surface area contributed by atoms with Crippen molar-refractivity contribution in [2.24, 2.45) is 0 Å². The Kier molecular flexibility index (Phi) is 7.93. The topological polar surface area (TPSA) is 124 Å². The number of anilines is 1. The van der Waals surface area contributed by atoms with Gasteiger partial charge >= 0.3 is 0 Å². The Morgan fingerprint density at radius 2 is 1.98 bits per heavy atom. The van der Waals surface area contributed by atoms with E-state index in [-0.39, 0.29) is 18.0 Å². The molecule has 0 amide bonds. The molecule has 6 rings (SSSR count). The van der Waals surface area contributed by atoms with Crippen LogP contribution in [-0.2, 0) is 17.8 Å². The molecule has 3 aromatic heterocycles. The summed E-state index contributed by atoms with van der Waals surface area (Å²) >= 11 is 0. The van der Waals surface area contributed by atoms with Crippen molar-refractivity contribution in [1.82, 2.24) is 30.2 Å². The molecule has 2 N–H and O–H groups in total. The summed E-state index contributed by atoms with van der Waals surface area (Å²) in [5.74, 6) is 1.50. The molecule has 5 heterocycles. The molecule has 2 aliphatic rings.